The van der Waals surface area contributed by atoms with Crippen molar-refractivity contribution in [2.75, 3.05) is 26.7 Å². The Morgan fingerprint density at radius 2 is 2.12 bits per heavy atom. The molecule has 6 nitrogen and oxygen atoms in total. The van der Waals surface area contributed by atoms with Crippen molar-refractivity contribution in [1.29, 1.82) is 0 Å². The zero-order valence-electron chi connectivity index (χ0n) is 14.2. The lowest BCUT2D eigenvalue weighted by atomic mass is 10.1. The predicted octanol–water partition coefficient (Wildman–Crippen LogP) is 2.70. The van der Waals surface area contributed by atoms with Gasteiger partial charge in [0.15, 0.2) is 0 Å². The summed E-state index contributed by atoms with van der Waals surface area (Å²) >= 11 is -0.395. The van der Waals surface area contributed by atoms with E-state index in [-0.39, 0.29) is 23.2 Å². The number of nitrogens with zero attached hydrogens (tertiary/aromatic N) is 3. The first-order valence-electron chi connectivity index (χ1n) is 8.09. The van der Waals surface area contributed by atoms with Crippen molar-refractivity contribution < 1.29 is 27.9 Å². The molecule has 1 atom stereocenters. The lowest BCUT2D eigenvalue weighted by Crippen LogP contribution is -2.37. The van der Waals surface area contributed by atoms with E-state index in [0.717, 1.165) is 6.42 Å². The molecule has 1 N–H and O–H groups in total. The van der Waals surface area contributed by atoms with Gasteiger partial charge in [0.25, 0.3) is 5.91 Å². The van der Waals surface area contributed by atoms with Gasteiger partial charge >= 0.3 is 11.5 Å². The normalized spacial score (nSPS) is 18.7. The number of aliphatic carboxylic acids is 1. The van der Waals surface area contributed by atoms with Crippen LogP contribution in [0.3, 0.4) is 0 Å². The molecule has 1 aliphatic heterocycles. The Labute approximate surface area is 153 Å². The van der Waals surface area contributed by atoms with E-state index in [2.05, 4.69) is 4.98 Å². The fourth-order valence-electron chi connectivity index (χ4n) is 2.98. The highest BCUT2D eigenvalue weighted by Gasteiger charge is 2.33. The van der Waals surface area contributed by atoms with E-state index in [1.165, 1.54) is 23.2 Å². The zero-order chi connectivity index (χ0) is 19.3. The van der Waals surface area contributed by atoms with Gasteiger partial charge in [0.05, 0.1) is 12.1 Å². The number of likely N-dealkylation sites (tertiary alicyclic amines) is 1. The van der Waals surface area contributed by atoms with Gasteiger partial charge in [-0.15, -0.1) is 0 Å². The number of likely N-dealkylation sites (N-methyl/N-ethyl adjacent to an activating group) is 1. The minimum atomic E-state index is -4.52. The van der Waals surface area contributed by atoms with Crippen LogP contribution in [0.2, 0.25) is 0 Å². The highest BCUT2D eigenvalue weighted by Crippen LogP contribution is 2.37. The molecule has 26 heavy (non-hydrogen) atoms. The predicted molar refractivity (Wildman–Crippen MR) is 90.0 cm³/mol. The third-order valence-electron chi connectivity index (χ3n) is 4.21. The molecular weight excluding hydrogens is 371 g/mol. The van der Waals surface area contributed by atoms with E-state index in [1.54, 1.807) is 11.9 Å². The molecule has 1 saturated heterocycles. The van der Waals surface area contributed by atoms with Crippen molar-refractivity contribution >= 4 is 23.6 Å². The van der Waals surface area contributed by atoms with Crippen molar-refractivity contribution in [2.45, 2.75) is 35.8 Å². The van der Waals surface area contributed by atoms with E-state index < -0.39 is 29.1 Å². The van der Waals surface area contributed by atoms with Crippen LogP contribution in [-0.2, 0) is 4.79 Å². The van der Waals surface area contributed by atoms with Crippen molar-refractivity contribution in [2.24, 2.45) is 0 Å². The number of thioether (sulfide) groups is 1. The van der Waals surface area contributed by atoms with Crippen LogP contribution in [0.4, 0.5) is 13.2 Å². The second-order valence-electron chi connectivity index (χ2n) is 6.09. The Morgan fingerprint density at radius 1 is 1.38 bits per heavy atom. The minimum absolute atomic E-state index is 0.0156. The van der Waals surface area contributed by atoms with Gasteiger partial charge in [-0.2, -0.15) is 13.2 Å². The maximum atomic E-state index is 12.7. The van der Waals surface area contributed by atoms with Gasteiger partial charge in [-0.3, -0.25) is 14.5 Å². The van der Waals surface area contributed by atoms with Crippen LogP contribution in [0.1, 0.15) is 29.6 Å². The van der Waals surface area contributed by atoms with Gasteiger partial charge in [-0.05, 0) is 38.4 Å². The summed E-state index contributed by atoms with van der Waals surface area (Å²) in [5.41, 5.74) is -4.58. The van der Waals surface area contributed by atoms with Gasteiger partial charge in [0, 0.05) is 37.1 Å². The maximum Gasteiger partial charge on any atom is 0.447 e. The molecule has 1 amide bonds. The molecule has 0 spiro atoms. The van der Waals surface area contributed by atoms with Gasteiger partial charge < -0.3 is 10.0 Å². The number of rotatable bonds is 5. The average Bonchev–Trinajstić information content (AvgIpc) is 2.78. The molecular formula is C16H20F3N3O3S. The number of hydrogen-bond acceptors (Lipinski definition) is 5. The monoisotopic (exact) mass is 391 g/mol. The zero-order valence-corrected chi connectivity index (χ0v) is 15.0. The van der Waals surface area contributed by atoms with E-state index in [4.69, 9.17) is 5.11 Å². The molecule has 10 heteroatoms. The summed E-state index contributed by atoms with van der Waals surface area (Å²) in [6, 6.07) is 2.80. The summed E-state index contributed by atoms with van der Waals surface area (Å²) in [6.45, 7) is 0.688. The fourth-order valence-corrected chi connectivity index (χ4v) is 3.58. The molecule has 0 saturated carbocycles. The first kappa shape index (κ1) is 20.5. The second kappa shape index (κ2) is 8.72. The quantitative estimate of drug-likeness (QED) is 0.778. The van der Waals surface area contributed by atoms with E-state index in [9.17, 15) is 22.8 Å². The number of carboxylic acid groups (broad SMARTS) is 1. The van der Waals surface area contributed by atoms with Crippen LogP contribution in [-0.4, -0.2) is 70.0 Å². The Kier molecular flexibility index (Phi) is 6.87. The van der Waals surface area contributed by atoms with Crippen molar-refractivity contribution in [3.8, 4) is 0 Å². The van der Waals surface area contributed by atoms with Crippen LogP contribution in [0.25, 0.3) is 0 Å². The number of aromatic nitrogens is 1. The number of alkyl halides is 3. The Hall–Kier alpha value is -1.81. The number of halogens is 3. The Balaban J connectivity index is 2.08. The maximum absolute atomic E-state index is 12.7. The summed E-state index contributed by atoms with van der Waals surface area (Å²) in [5.74, 6) is -1.40. The van der Waals surface area contributed by atoms with Crippen molar-refractivity contribution in [3.63, 3.8) is 0 Å². The molecule has 0 aromatic carbocycles. The van der Waals surface area contributed by atoms with Gasteiger partial charge in [-0.25, -0.2) is 4.98 Å². The summed E-state index contributed by atoms with van der Waals surface area (Å²) in [4.78, 5) is 30.5. The lowest BCUT2D eigenvalue weighted by molar-refractivity contribution is -0.138. The fraction of sp³-hybridized carbons (Fsp3) is 0.562. The molecule has 1 aromatic rings. The van der Waals surface area contributed by atoms with E-state index in [1.807, 2.05) is 0 Å². The molecule has 0 bridgehead atoms. The Morgan fingerprint density at radius 3 is 2.77 bits per heavy atom. The molecule has 0 radical (unpaired) electrons. The second-order valence-corrected chi connectivity index (χ2v) is 7.14. The molecule has 2 heterocycles. The molecule has 0 aliphatic carbocycles. The molecule has 1 unspecified atom stereocenters. The third-order valence-corrected chi connectivity index (χ3v) is 4.96. The summed E-state index contributed by atoms with van der Waals surface area (Å²) in [7, 11) is 1.72. The first-order chi connectivity index (χ1) is 12.2. The van der Waals surface area contributed by atoms with E-state index >= 15 is 0 Å². The number of hydrogen-bond donors (Lipinski definition) is 1. The average molecular weight is 391 g/mol. The highest BCUT2D eigenvalue weighted by molar-refractivity contribution is 8.00. The largest absolute Gasteiger partial charge is 0.480 e. The smallest absolute Gasteiger partial charge is 0.447 e. The van der Waals surface area contributed by atoms with Gasteiger partial charge in [0.2, 0.25) is 0 Å². The molecule has 1 aromatic heterocycles. The molecule has 144 valence electrons. The van der Waals surface area contributed by atoms with Crippen LogP contribution < -0.4 is 0 Å². The van der Waals surface area contributed by atoms with Gasteiger partial charge in [0.1, 0.15) is 5.03 Å². The topological polar surface area (TPSA) is 73.7 Å². The molecule has 2 rings (SSSR count). The highest BCUT2D eigenvalue weighted by atomic mass is 32.2. The molecule has 1 aliphatic rings. The Bertz CT molecular complexity index is 657. The first-order valence-corrected chi connectivity index (χ1v) is 8.91. The van der Waals surface area contributed by atoms with Crippen LogP contribution in [0.15, 0.2) is 23.4 Å². The summed E-state index contributed by atoms with van der Waals surface area (Å²) < 4.78 is 38.0. The number of carbonyl (C=O) groups excluding carboxylic acids is 1. The van der Waals surface area contributed by atoms with Crippen LogP contribution in [0.5, 0.6) is 0 Å². The lowest BCUT2D eigenvalue weighted by Gasteiger charge is -2.25. The standard InChI is InChI=1S/C16H20F3N3O3S/c1-21(10-13(23)24)11-4-3-8-22(9-6-11)15(25)12-5-2-7-20-14(12)26-16(17,18)19/h2,5,7,11H,3-4,6,8-10H2,1H3,(H,23,24). The van der Waals surface area contributed by atoms with Crippen LogP contribution in [0, 0.1) is 0 Å². The van der Waals surface area contributed by atoms with Gasteiger partial charge in [-0.1, -0.05) is 0 Å². The molecule has 1 fully saturated rings. The van der Waals surface area contributed by atoms with Crippen molar-refractivity contribution in [1.82, 2.24) is 14.8 Å². The third kappa shape index (κ3) is 5.87. The van der Waals surface area contributed by atoms with Crippen molar-refractivity contribution in [3.05, 3.63) is 23.9 Å². The number of pyridine rings is 1. The number of carbonyl (C=O) groups is 2. The SMILES string of the molecule is CN(CC(=O)O)C1CCCN(C(=O)c2cccnc2SC(F)(F)F)CC1. The number of carboxylic acids is 1. The summed E-state index contributed by atoms with van der Waals surface area (Å²) in [5, 5.41) is 8.54. The minimum Gasteiger partial charge on any atom is -0.480 e. The number of amides is 1. The van der Waals surface area contributed by atoms with E-state index in [0.29, 0.717) is 25.9 Å². The summed E-state index contributed by atoms with van der Waals surface area (Å²) in [6.07, 6.45) is 3.18. The van der Waals surface area contributed by atoms with Crippen LogP contribution >= 0.6 is 11.8 Å².